The number of carbonyl (C=O) groups excluding carboxylic acids is 2. The van der Waals surface area contributed by atoms with E-state index in [1.807, 2.05) is 36.1 Å². The number of nitriles is 1. The highest BCUT2D eigenvalue weighted by Crippen LogP contribution is 2.38. The lowest BCUT2D eigenvalue weighted by Crippen LogP contribution is -2.40. The molecule has 7 nitrogen and oxygen atoms in total. The maximum absolute atomic E-state index is 13.2. The molecule has 1 aliphatic carbocycles. The van der Waals surface area contributed by atoms with Crippen molar-refractivity contribution in [3.63, 3.8) is 0 Å². The molecule has 1 aromatic rings. The Morgan fingerprint density at radius 3 is 2.44 bits per heavy atom. The van der Waals surface area contributed by atoms with E-state index in [0.29, 0.717) is 22.4 Å². The van der Waals surface area contributed by atoms with Gasteiger partial charge in [-0.3, -0.25) is 10.1 Å². The fourth-order valence-corrected chi connectivity index (χ4v) is 4.39. The minimum atomic E-state index is -0.557. The smallest absolute Gasteiger partial charge is 0.411 e. The summed E-state index contributed by atoms with van der Waals surface area (Å²) in [6.07, 6.45) is 9.92. The zero-order valence-electron chi connectivity index (χ0n) is 21.5. The Hall–Kier alpha value is -3.79. The van der Waals surface area contributed by atoms with E-state index in [1.54, 1.807) is 26.0 Å². The van der Waals surface area contributed by atoms with Gasteiger partial charge in [-0.25, -0.2) is 4.79 Å². The van der Waals surface area contributed by atoms with Gasteiger partial charge in [0.25, 0.3) is 5.91 Å². The second kappa shape index (κ2) is 12.3. The predicted molar refractivity (Wildman–Crippen MR) is 143 cm³/mol. The Morgan fingerprint density at radius 1 is 1.19 bits per heavy atom. The average Bonchev–Trinajstić information content (AvgIpc) is 3.35. The molecule has 0 radical (unpaired) electrons. The number of carbonyl (C=O) groups is 2. The van der Waals surface area contributed by atoms with Crippen molar-refractivity contribution in [3.05, 3.63) is 72.1 Å². The van der Waals surface area contributed by atoms with Gasteiger partial charge in [0.2, 0.25) is 0 Å². The highest BCUT2D eigenvalue weighted by Gasteiger charge is 2.30. The first kappa shape index (κ1) is 26.8. The van der Waals surface area contributed by atoms with Crippen LogP contribution in [-0.4, -0.2) is 42.1 Å². The Bertz CT molecular complexity index is 1120. The first-order valence-electron chi connectivity index (χ1n) is 12.6. The van der Waals surface area contributed by atoms with Gasteiger partial charge in [0, 0.05) is 41.7 Å². The number of hydrogen-bond acceptors (Lipinski definition) is 5. The molecule has 3 rings (SSSR count). The molecule has 0 spiro atoms. The molecule has 2 fully saturated rings. The molecule has 1 heterocycles. The summed E-state index contributed by atoms with van der Waals surface area (Å²) in [5.74, 6) is 0.00948. The summed E-state index contributed by atoms with van der Waals surface area (Å²) >= 11 is 0. The van der Waals surface area contributed by atoms with Crippen molar-refractivity contribution in [3.8, 4) is 6.07 Å². The number of ether oxygens (including phenoxy) is 1. The molecule has 0 bridgehead atoms. The summed E-state index contributed by atoms with van der Waals surface area (Å²) in [6.45, 7) is 14.9. The van der Waals surface area contributed by atoms with Crippen molar-refractivity contribution in [2.24, 2.45) is 0 Å². The van der Waals surface area contributed by atoms with E-state index in [-0.39, 0.29) is 18.1 Å². The molecular formula is C29H36N4O3. The van der Waals surface area contributed by atoms with E-state index in [4.69, 9.17) is 4.74 Å². The maximum atomic E-state index is 13.2. The van der Waals surface area contributed by atoms with E-state index in [9.17, 15) is 14.9 Å². The van der Waals surface area contributed by atoms with Crippen LogP contribution in [0.15, 0.2) is 61.0 Å². The summed E-state index contributed by atoms with van der Waals surface area (Å²) in [5.41, 5.74) is 3.70. The Morgan fingerprint density at radius 2 is 1.89 bits per heavy atom. The molecule has 0 atom stereocenters. The lowest BCUT2D eigenvalue weighted by atomic mass is 9.89. The van der Waals surface area contributed by atoms with Crippen molar-refractivity contribution in [1.82, 2.24) is 10.2 Å². The van der Waals surface area contributed by atoms with Crippen molar-refractivity contribution < 1.29 is 14.3 Å². The highest BCUT2D eigenvalue weighted by molar-refractivity contribution is 5.97. The summed E-state index contributed by atoms with van der Waals surface area (Å²) in [5, 5.41) is 12.3. The number of likely N-dealkylation sites (tertiary alicyclic amines) is 1. The molecular weight excluding hydrogens is 452 g/mol. The third kappa shape index (κ3) is 6.45. The van der Waals surface area contributed by atoms with Gasteiger partial charge in [-0.1, -0.05) is 25.3 Å². The first-order valence-corrected chi connectivity index (χ1v) is 12.6. The summed E-state index contributed by atoms with van der Waals surface area (Å²) in [7, 11) is 0. The molecule has 2 aliphatic rings. The van der Waals surface area contributed by atoms with Gasteiger partial charge in [0.1, 0.15) is 0 Å². The number of amides is 2. The standard InChI is InChI=1S/C29H36N4O3/c1-6-24(14-12-22(5)31-29(35)36-20(2)3)33(25-10-9-11-25)27-18-23(13-15-26(27)21(4)19-30)28(34)32-16-7-8-17-32/h6,12-15,18,20,25H,4-5,7-11,16-17H2,1-3H3,(H,31,35)/b14-12-,24-6+. The zero-order valence-corrected chi connectivity index (χ0v) is 21.5. The molecule has 0 aromatic heterocycles. The number of anilines is 1. The molecule has 1 N–H and O–H groups in total. The Balaban J connectivity index is 1.96. The van der Waals surface area contributed by atoms with Crippen LogP contribution < -0.4 is 10.2 Å². The number of nitrogens with zero attached hydrogens (tertiary/aromatic N) is 3. The van der Waals surface area contributed by atoms with Crippen LogP contribution in [0.3, 0.4) is 0 Å². The largest absolute Gasteiger partial charge is 0.447 e. The minimum Gasteiger partial charge on any atom is -0.447 e. The van der Waals surface area contributed by atoms with E-state index in [1.165, 1.54) is 0 Å². The van der Waals surface area contributed by atoms with Crippen molar-refractivity contribution >= 4 is 23.3 Å². The molecule has 2 amide bonds. The van der Waals surface area contributed by atoms with Crippen molar-refractivity contribution in [2.45, 2.75) is 65.0 Å². The molecule has 190 valence electrons. The van der Waals surface area contributed by atoms with Gasteiger partial charge in [-0.15, -0.1) is 0 Å². The van der Waals surface area contributed by atoms with Gasteiger partial charge in [0.05, 0.1) is 23.4 Å². The van der Waals surface area contributed by atoms with E-state index < -0.39 is 6.09 Å². The topological polar surface area (TPSA) is 85.7 Å². The summed E-state index contributed by atoms with van der Waals surface area (Å²) < 4.78 is 5.12. The van der Waals surface area contributed by atoms with Crippen LogP contribution in [0.4, 0.5) is 10.5 Å². The molecule has 7 heteroatoms. The molecule has 1 saturated heterocycles. The molecule has 36 heavy (non-hydrogen) atoms. The van der Waals surface area contributed by atoms with E-state index in [0.717, 1.165) is 56.6 Å². The van der Waals surface area contributed by atoms with Crippen LogP contribution in [0.1, 0.15) is 68.8 Å². The number of benzene rings is 1. The molecule has 1 aromatic carbocycles. The molecule has 1 saturated carbocycles. The van der Waals surface area contributed by atoms with Crippen LogP contribution in [0, 0.1) is 11.3 Å². The second-order valence-electron chi connectivity index (χ2n) is 9.43. The van der Waals surface area contributed by atoms with Gasteiger partial charge in [0.15, 0.2) is 0 Å². The lowest BCUT2D eigenvalue weighted by Gasteiger charge is -2.41. The minimum absolute atomic E-state index is 0.00948. The van der Waals surface area contributed by atoms with Crippen molar-refractivity contribution in [2.75, 3.05) is 18.0 Å². The highest BCUT2D eigenvalue weighted by atomic mass is 16.6. The SMILES string of the molecule is C=C(/C=C\C(=C/C)N(c1cc(C(=O)N2CCCC2)ccc1C(=C)C#N)C1CCC1)NC(=O)OC(C)C. The van der Waals surface area contributed by atoms with Crippen LogP contribution >= 0.6 is 0 Å². The summed E-state index contributed by atoms with van der Waals surface area (Å²) in [4.78, 5) is 29.2. The number of allylic oxidation sites excluding steroid dienone is 4. The fraction of sp³-hybridized carbons (Fsp3) is 0.414. The monoisotopic (exact) mass is 488 g/mol. The number of rotatable bonds is 9. The van der Waals surface area contributed by atoms with E-state index >= 15 is 0 Å². The second-order valence-corrected chi connectivity index (χ2v) is 9.43. The third-order valence-electron chi connectivity index (χ3n) is 6.43. The quantitative estimate of drug-likeness (QED) is 0.344. The van der Waals surface area contributed by atoms with Crippen LogP contribution in [-0.2, 0) is 4.74 Å². The third-order valence-corrected chi connectivity index (χ3v) is 6.43. The van der Waals surface area contributed by atoms with Gasteiger partial charge in [-0.2, -0.15) is 5.26 Å². The average molecular weight is 489 g/mol. The summed E-state index contributed by atoms with van der Waals surface area (Å²) in [6, 6.07) is 7.90. The van der Waals surface area contributed by atoms with Gasteiger partial charge in [-0.05, 0) is 77.2 Å². The van der Waals surface area contributed by atoms with Gasteiger partial charge >= 0.3 is 6.09 Å². The fourth-order valence-electron chi connectivity index (χ4n) is 4.39. The van der Waals surface area contributed by atoms with Gasteiger partial charge < -0.3 is 14.5 Å². The first-order chi connectivity index (χ1) is 17.2. The number of nitrogens with one attached hydrogen (secondary N) is 1. The Labute approximate surface area is 214 Å². The predicted octanol–water partition coefficient (Wildman–Crippen LogP) is 5.93. The number of alkyl carbamates (subject to hydrolysis) is 1. The van der Waals surface area contributed by atoms with Crippen LogP contribution in [0.2, 0.25) is 0 Å². The molecule has 0 unspecified atom stereocenters. The van der Waals surface area contributed by atoms with E-state index in [2.05, 4.69) is 29.4 Å². The number of hydrogen-bond donors (Lipinski definition) is 1. The normalized spacial score (nSPS) is 16.0. The van der Waals surface area contributed by atoms with Crippen LogP contribution in [0.25, 0.3) is 5.57 Å². The maximum Gasteiger partial charge on any atom is 0.411 e. The zero-order chi connectivity index (χ0) is 26.2. The Kier molecular flexibility index (Phi) is 9.13. The molecule has 1 aliphatic heterocycles. The lowest BCUT2D eigenvalue weighted by molar-refractivity contribution is 0.0792. The van der Waals surface area contributed by atoms with Crippen molar-refractivity contribution in [1.29, 1.82) is 5.26 Å². The van der Waals surface area contributed by atoms with Crippen LogP contribution in [0.5, 0.6) is 0 Å².